The van der Waals surface area contributed by atoms with Crippen LogP contribution in [-0.4, -0.2) is 25.3 Å². The maximum atomic E-state index is 12.1. The molecule has 0 saturated heterocycles. The molecule has 16 heavy (non-hydrogen) atoms. The molecule has 0 aliphatic heterocycles. The summed E-state index contributed by atoms with van der Waals surface area (Å²) in [4.78, 5) is 9.80. The predicted octanol–water partition coefficient (Wildman–Crippen LogP) is 1.31. The summed E-state index contributed by atoms with van der Waals surface area (Å²) in [5, 5.41) is 8.45. The molecule has 0 aliphatic carbocycles. The van der Waals surface area contributed by atoms with Crippen molar-refractivity contribution in [2.24, 2.45) is 0 Å². The Kier molecular flexibility index (Phi) is 3.58. The minimum Gasteiger partial charge on any atom is -0.481 e. The molecule has 0 aliphatic rings. The van der Waals surface area contributed by atoms with Gasteiger partial charge < -0.3 is 5.11 Å². The highest BCUT2D eigenvalue weighted by atomic mass is 32.2. The summed E-state index contributed by atoms with van der Waals surface area (Å²) in [7, 11) is -4.60. The van der Waals surface area contributed by atoms with Crippen LogP contribution in [0.15, 0.2) is 29.2 Å². The number of hydrogen-bond acceptors (Lipinski definition) is 3. The van der Waals surface area contributed by atoms with E-state index in [1.165, 1.54) is 12.1 Å². The van der Waals surface area contributed by atoms with Crippen LogP contribution in [-0.2, 0) is 21.1 Å². The fourth-order valence-electron chi connectivity index (χ4n) is 1.07. The number of benzene rings is 1. The molecule has 1 aromatic carbocycles. The number of sulfone groups is 1. The SMILES string of the molecule is O=C(O)Cc1ccc(S(=O)(=O)C(F)F)cc1. The molecule has 0 saturated carbocycles. The summed E-state index contributed by atoms with van der Waals surface area (Å²) in [6, 6.07) is 4.34. The maximum Gasteiger partial charge on any atom is 0.341 e. The van der Waals surface area contributed by atoms with E-state index >= 15 is 0 Å². The van der Waals surface area contributed by atoms with Gasteiger partial charge >= 0.3 is 11.7 Å². The fraction of sp³-hybridized carbons (Fsp3) is 0.222. The first-order valence-electron chi connectivity index (χ1n) is 4.17. The topological polar surface area (TPSA) is 71.4 Å². The van der Waals surface area contributed by atoms with Gasteiger partial charge in [0.05, 0.1) is 11.3 Å². The molecular weight excluding hydrogens is 242 g/mol. The van der Waals surface area contributed by atoms with Gasteiger partial charge in [0.2, 0.25) is 9.84 Å². The molecule has 0 atom stereocenters. The van der Waals surface area contributed by atoms with Crippen molar-refractivity contribution in [3.63, 3.8) is 0 Å². The second-order valence-corrected chi connectivity index (χ2v) is 4.94. The highest BCUT2D eigenvalue weighted by Crippen LogP contribution is 2.18. The van der Waals surface area contributed by atoms with Gasteiger partial charge in [-0.1, -0.05) is 12.1 Å². The summed E-state index contributed by atoms with van der Waals surface area (Å²) in [6.07, 6.45) is -0.283. The van der Waals surface area contributed by atoms with Gasteiger partial charge in [-0.15, -0.1) is 0 Å². The Morgan fingerprint density at radius 2 is 1.75 bits per heavy atom. The van der Waals surface area contributed by atoms with E-state index in [1.54, 1.807) is 0 Å². The molecule has 0 amide bonds. The molecule has 0 fully saturated rings. The molecule has 1 N–H and O–H groups in total. The third-order valence-electron chi connectivity index (χ3n) is 1.84. The number of alkyl halides is 2. The number of rotatable bonds is 4. The van der Waals surface area contributed by atoms with Crippen molar-refractivity contribution in [2.75, 3.05) is 0 Å². The number of hydrogen-bond donors (Lipinski definition) is 1. The molecule has 1 rings (SSSR count). The monoisotopic (exact) mass is 250 g/mol. The number of carboxylic acids is 1. The molecule has 0 heterocycles. The van der Waals surface area contributed by atoms with Crippen LogP contribution in [0.4, 0.5) is 8.78 Å². The Bertz CT molecular complexity index is 479. The first-order chi connectivity index (χ1) is 7.34. The average Bonchev–Trinajstić information content (AvgIpc) is 2.17. The molecule has 0 radical (unpaired) electrons. The smallest absolute Gasteiger partial charge is 0.341 e. The van der Waals surface area contributed by atoms with Crippen molar-refractivity contribution in [1.82, 2.24) is 0 Å². The van der Waals surface area contributed by atoms with Gasteiger partial charge in [-0.25, -0.2) is 8.42 Å². The van der Waals surface area contributed by atoms with E-state index in [0.29, 0.717) is 5.56 Å². The van der Waals surface area contributed by atoms with Gasteiger partial charge in [0.25, 0.3) is 0 Å². The molecule has 4 nitrogen and oxygen atoms in total. The molecule has 0 aromatic heterocycles. The zero-order chi connectivity index (χ0) is 12.3. The van der Waals surface area contributed by atoms with Crippen LogP contribution in [0.25, 0.3) is 0 Å². The van der Waals surface area contributed by atoms with Crippen LogP contribution in [0.3, 0.4) is 0 Å². The van der Waals surface area contributed by atoms with E-state index in [2.05, 4.69) is 0 Å². The Hall–Kier alpha value is -1.50. The molecule has 88 valence electrons. The molecule has 1 aromatic rings. The molecule has 0 unspecified atom stereocenters. The molecule has 0 bridgehead atoms. The number of carbonyl (C=O) groups is 1. The minimum absolute atomic E-state index is 0.283. The largest absolute Gasteiger partial charge is 0.481 e. The lowest BCUT2D eigenvalue weighted by molar-refractivity contribution is -0.136. The fourth-order valence-corrected chi connectivity index (χ4v) is 1.80. The lowest BCUT2D eigenvalue weighted by Crippen LogP contribution is -2.11. The quantitative estimate of drug-likeness (QED) is 0.874. The first kappa shape index (κ1) is 12.6. The van der Waals surface area contributed by atoms with Gasteiger partial charge in [-0.2, -0.15) is 8.78 Å². The van der Waals surface area contributed by atoms with Crippen LogP contribution in [0.5, 0.6) is 0 Å². The summed E-state index contributed by atoms with van der Waals surface area (Å²) in [5.41, 5.74) is 0.348. The van der Waals surface area contributed by atoms with Crippen LogP contribution >= 0.6 is 0 Å². The van der Waals surface area contributed by atoms with Crippen molar-refractivity contribution in [1.29, 1.82) is 0 Å². The third kappa shape index (κ3) is 2.75. The van der Waals surface area contributed by atoms with Gasteiger partial charge in [-0.05, 0) is 17.7 Å². The summed E-state index contributed by atoms with van der Waals surface area (Å²) < 4.78 is 46.3. The predicted molar refractivity (Wildman–Crippen MR) is 51.0 cm³/mol. The van der Waals surface area contributed by atoms with E-state index in [4.69, 9.17) is 5.11 Å². The van der Waals surface area contributed by atoms with Gasteiger partial charge in [0.15, 0.2) is 0 Å². The van der Waals surface area contributed by atoms with E-state index < -0.39 is 26.5 Å². The van der Waals surface area contributed by atoms with E-state index in [0.717, 1.165) is 12.1 Å². The zero-order valence-corrected chi connectivity index (χ0v) is 8.75. The number of halogens is 2. The molecular formula is C9H8F2O4S. The third-order valence-corrected chi connectivity index (χ3v) is 3.24. The summed E-state index contributed by atoms with van der Waals surface area (Å²) >= 11 is 0. The summed E-state index contributed by atoms with van der Waals surface area (Å²) in [5.74, 6) is -4.55. The van der Waals surface area contributed by atoms with E-state index in [-0.39, 0.29) is 6.42 Å². The van der Waals surface area contributed by atoms with Crippen molar-refractivity contribution in [3.8, 4) is 0 Å². The maximum absolute atomic E-state index is 12.1. The van der Waals surface area contributed by atoms with Gasteiger partial charge in [0, 0.05) is 0 Å². The number of carboxylic acid groups (broad SMARTS) is 1. The molecule has 0 spiro atoms. The van der Waals surface area contributed by atoms with Gasteiger partial charge in [-0.3, -0.25) is 4.79 Å². The highest BCUT2D eigenvalue weighted by molar-refractivity contribution is 7.91. The van der Waals surface area contributed by atoms with Crippen molar-refractivity contribution < 1.29 is 27.1 Å². The van der Waals surface area contributed by atoms with Crippen LogP contribution in [0.1, 0.15) is 5.56 Å². The van der Waals surface area contributed by atoms with Gasteiger partial charge in [0.1, 0.15) is 0 Å². The standard InChI is InChI=1S/C9H8F2O4S/c10-9(11)16(14,15)7-3-1-6(2-4-7)5-8(12)13/h1-4,9H,5H2,(H,12,13). The second-order valence-electron chi connectivity index (χ2n) is 3.02. The highest BCUT2D eigenvalue weighted by Gasteiger charge is 2.26. The zero-order valence-electron chi connectivity index (χ0n) is 7.93. The Morgan fingerprint density at radius 3 is 2.12 bits per heavy atom. The second kappa shape index (κ2) is 4.56. The van der Waals surface area contributed by atoms with E-state index in [1.807, 2.05) is 0 Å². The molecule has 7 heteroatoms. The van der Waals surface area contributed by atoms with Crippen LogP contribution in [0, 0.1) is 0 Å². The van der Waals surface area contributed by atoms with Crippen LogP contribution in [0.2, 0.25) is 0 Å². The van der Waals surface area contributed by atoms with E-state index in [9.17, 15) is 22.0 Å². The normalized spacial score (nSPS) is 11.7. The lowest BCUT2D eigenvalue weighted by atomic mass is 10.2. The van der Waals surface area contributed by atoms with Crippen molar-refractivity contribution in [2.45, 2.75) is 17.1 Å². The Labute approximate surface area is 90.4 Å². The first-order valence-corrected chi connectivity index (χ1v) is 5.71. The average molecular weight is 250 g/mol. The number of aliphatic carboxylic acids is 1. The lowest BCUT2D eigenvalue weighted by Gasteiger charge is -2.03. The van der Waals surface area contributed by atoms with Crippen molar-refractivity contribution >= 4 is 15.8 Å². The Balaban J connectivity index is 3.00. The van der Waals surface area contributed by atoms with Crippen molar-refractivity contribution in [3.05, 3.63) is 29.8 Å². The summed E-state index contributed by atoms with van der Waals surface area (Å²) in [6.45, 7) is 0. The Morgan fingerprint density at radius 1 is 1.25 bits per heavy atom. The minimum atomic E-state index is -4.60. The van der Waals surface area contributed by atoms with Crippen LogP contribution < -0.4 is 0 Å².